The Hall–Kier alpha value is -2.88. The van der Waals surface area contributed by atoms with E-state index in [4.69, 9.17) is 0 Å². The number of nitrogens with zero attached hydrogens (tertiary/aromatic N) is 2. The van der Waals surface area contributed by atoms with E-state index in [1.165, 1.54) is 0 Å². The Morgan fingerprint density at radius 1 is 1.00 bits per heavy atom. The van der Waals surface area contributed by atoms with E-state index in [1.807, 2.05) is 53.4 Å². The minimum atomic E-state index is -0.0908. The molecule has 2 aromatic heterocycles. The minimum absolute atomic E-state index is 0.0908. The number of hydrogen-bond donors (Lipinski definition) is 1. The number of nitrogens with one attached hydrogen (secondary N) is 1. The Labute approximate surface area is 123 Å². The standard InChI is InChI=1S/C17H15N3O/c21-17(15-7-9-18-10-8-15)19-13-14-3-5-16(6-4-14)20-11-1-2-12-20/h1-12H,13H2,(H,19,21). The first-order valence-electron chi connectivity index (χ1n) is 6.73. The Morgan fingerprint density at radius 3 is 2.33 bits per heavy atom. The normalized spacial score (nSPS) is 10.3. The minimum Gasteiger partial charge on any atom is -0.348 e. The number of carbonyl (C=O) groups excluding carboxylic acids is 1. The van der Waals surface area contributed by atoms with Crippen LogP contribution in [0.3, 0.4) is 0 Å². The molecule has 0 saturated carbocycles. The van der Waals surface area contributed by atoms with Crippen LogP contribution < -0.4 is 5.32 Å². The van der Waals surface area contributed by atoms with Gasteiger partial charge in [0.1, 0.15) is 0 Å². The van der Waals surface area contributed by atoms with Crippen LogP contribution in [-0.2, 0) is 6.54 Å². The molecule has 1 N–H and O–H groups in total. The fraction of sp³-hybridized carbons (Fsp3) is 0.0588. The molecule has 1 amide bonds. The van der Waals surface area contributed by atoms with Gasteiger partial charge >= 0.3 is 0 Å². The second kappa shape index (κ2) is 6.05. The lowest BCUT2D eigenvalue weighted by molar-refractivity contribution is 0.0951. The van der Waals surface area contributed by atoms with Gasteiger partial charge in [0.15, 0.2) is 0 Å². The zero-order valence-electron chi connectivity index (χ0n) is 11.4. The quantitative estimate of drug-likeness (QED) is 0.797. The lowest BCUT2D eigenvalue weighted by Gasteiger charge is -2.07. The van der Waals surface area contributed by atoms with Crippen LogP contribution in [0.2, 0.25) is 0 Å². The second-order valence-electron chi connectivity index (χ2n) is 4.68. The van der Waals surface area contributed by atoms with Gasteiger partial charge in [0, 0.05) is 42.6 Å². The fourth-order valence-electron chi connectivity index (χ4n) is 2.08. The Kier molecular flexibility index (Phi) is 3.78. The van der Waals surface area contributed by atoms with Gasteiger partial charge in [-0.25, -0.2) is 0 Å². The van der Waals surface area contributed by atoms with Crippen molar-refractivity contribution in [3.05, 3.63) is 84.4 Å². The molecule has 0 spiro atoms. The maximum absolute atomic E-state index is 11.9. The van der Waals surface area contributed by atoms with E-state index in [0.29, 0.717) is 12.1 Å². The van der Waals surface area contributed by atoms with E-state index < -0.39 is 0 Å². The summed E-state index contributed by atoms with van der Waals surface area (Å²) in [6.07, 6.45) is 7.22. The summed E-state index contributed by atoms with van der Waals surface area (Å²) in [7, 11) is 0. The Balaban J connectivity index is 1.62. The third kappa shape index (κ3) is 3.17. The lowest BCUT2D eigenvalue weighted by atomic mass is 10.2. The highest BCUT2D eigenvalue weighted by Crippen LogP contribution is 2.10. The molecule has 0 saturated heterocycles. The summed E-state index contributed by atoms with van der Waals surface area (Å²) in [5.74, 6) is -0.0908. The van der Waals surface area contributed by atoms with Gasteiger partial charge in [-0.1, -0.05) is 12.1 Å². The molecule has 0 aliphatic carbocycles. The molecule has 4 heteroatoms. The summed E-state index contributed by atoms with van der Waals surface area (Å²) < 4.78 is 2.04. The van der Waals surface area contributed by atoms with Crippen molar-refractivity contribution in [1.82, 2.24) is 14.9 Å². The average Bonchev–Trinajstić information content (AvgIpc) is 3.08. The molecular formula is C17H15N3O. The zero-order chi connectivity index (χ0) is 14.5. The smallest absolute Gasteiger partial charge is 0.251 e. The van der Waals surface area contributed by atoms with Gasteiger partial charge in [-0.2, -0.15) is 0 Å². The van der Waals surface area contributed by atoms with Crippen molar-refractivity contribution in [1.29, 1.82) is 0 Å². The molecule has 0 radical (unpaired) electrons. The summed E-state index contributed by atoms with van der Waals surface area (Å²) in [5, 5.41) is 2.90. The van der Waals surface area contributed by atoms with E-state index in [1.54, 1.807) is 24.5 Å². The fourth-order valence-corrected chi connectivity index (χ4v) is 2.08. The average molecular weight is 277 g/mol. The van der Waals surface area contributed by atoms with Crippen LogP contribution in [0.25, 0.3) is 5.69 Å². The third-order valence-corrected chi connectivity index (χ3v) is 3.23. The second-order valence-corrected chi connectivity index (χ2v) is 4.68. The summed E-state index contributed by atoms with van der Waals surface area (Å²) in [5.41, 5.74) is 2.78. The van der Waals surface area contributed by atoms with Gasteiger partial charge in [0.05, 0.1) is 0 Å². The van der Waals surface area contributed by atoms with Crippen LogP contribution >= 0.6 is 0 Å². The first-order valence-corrected chi connectivity index (χ1v) is 6.73. The molecule has 0 bridgehead atoms. The summed E-state index contributed by atoms with van der Waals surface area (Å²) in [6, 6.07) is 15.5. The highest BCUT2D eigenvalue weighted by Gasteiger charge is 2.04. The van der Waals surface area contributed by atoms with Crippen molar-refractivity contribution in [2.45, 2.75) is 6.54 Å². The molecule has 21 heavy (non-hydrogen) atoms. The molecule has 0 aliphatic rings. The number of hydrogen-bond acceptors (Lipinski definition) is 2. The number of aromatic nitrogens is 2. The van der Waals surface area contributed by atoms with Crippen LogP contribution in [0, 0.1) is 0 Å². The number of carbonyl (C=O) groups is 1. The van der Waals surface area contributed by atoms with Crippen molar-refractivity contribution in [3.8, 4) is 5.69 Å². The van der Waals surface area contributed by atoms with E-state index >= 15 is 0 Å². The third-order valence-electron chi connectivity index (χ3n) is 3.23. The molecule has 1 aromatic carbocycles. The molecular weight excluding hydrogens is 262 g/mol. The van der Waals surface area contributed by atoms with Gasteiger partial charge < -0.3 is 9.88 Å². The predicted molar refractivity (Wildman–Crippen MR) is 81.2 cm³/mol. The molecule has 3 rings (SSSR count). The maximum atomic E-state index is 11.9. The first-order chi connectivity index (χ1) is 10.3. The van der Waals surface area contributed by atoms with Gasteiger partial charge in [0.2, 0.25) is 0 Å². The Morgan fingerprint density at radius 2 is 1.67 bits per heavy atom. The van der Waals surface area contributed by atoms with Crippen molar-refractivity contribution in [3.63, 3.8) is 0 Å². The maximum Gasteiger partial charge on any atom is 0.251 e. The van der Waals surface area contributed by atoms with Crippen molar-refractivity contribution >= 4 is 5.91 Å². The van der Waals surface area contributed by atoms with E-state index in [0.717, 1.165) is 11.3 Å². The summed E-state index contributed by atoms with van der Waals surface area (Å²) in [6.45, 7) is 0.507. The predicted octanol–water partition coefficient (Wildman–Crippen LogP) is 2.80. The molecule has 4 nitrogen and oxygen atoms in total. The highest BCUT2D eigenvalue weighted by molar-refractivity contribution is 5.93. The molecule has 0 aliphatic heterocycles. The largest absolute Gasteiger partial charge is 0.348 e. The van der Waals surface area contributed by atoms with Crippen LogP contribution in [0.1, 0.15) is 15.9 Å². The van der Waals surface area contributed by atoms with Crippen molar-refractivity contribution in [2.75, 3.05) is 0 Å². The van der Waals surface area contributed by atoms with Gasteiger partial charge in [0.25, 0.3) is 5.91 Å². The molecule has 0 atom stereocenters. The van der Waals surface area contributed by atoms with Crippen LogP contribution in [-0.4, -0.2) is 15.5 Å². The molecule has 104 valence electrons. The summed E-state index contributed by atoms with van der Waals surface area (Å²) in [4.78, 5) is 15.8. The van der Waals surface area contributed by atoms with Crippen LogP contribution in [0.5, 0.6) is 0 Å². The summed E-state index contributed by atoms with van der Waals surface area (Å²) >= 11 is 0. The highest BCUT2D eigenvalue weighted by atomic mass is 16.1. The van der Waals surface area contributed by atoms with Crippen molar-refractivity contribution < 1.29 is 4.79 Å². The number of rotatable bonds is 4. The van der Waals surface area contributed by atoms with Gasteiger partial charge in [-0.3, -0.25) is 9.78 Å². The van der Waals surface area contributed by atoms with E-state index in [2.05, 4.69) is 10.3 Å². The number of pyridine rings is 1. The van der Waals surface area contributed by atoms with Crippen LogP contribution in [0.4, 0.5) is 0 Å². The van der Waals surface area contributed by atoms with E-state index in [-0.39, 0.29) is 5.91 Å². The van der Waals surface area contributed by atoms with E-state index in [9.17, 15) is 4.79 Å². The number of amides is 1. The van der Waals surface area contributed by atoms with Gasteiger partial charge in [-0.15, -0.1) is 0 Å². The van der Waals surface area contributed by atoms with Crippen LogP contribution in [0.15, 0.2) is 73.3 Å². The molecule has 3 aromatic rings. The molecule has 2 heterocycles. The Bertz CT molecular complexity index is 704. The molecule has 0 fully saturated rings. The topological polar surface area (TPSA) is 46.9 Å². The lowest BCUT2D eigenvalue weighted by Crippen LogP contribution is -2.22. The SMILES string of the molecule is O=C(NCc1ccc(-n2cccc2)cc1)c1ccncc1. The monoisotopic (exact) mass is 277 g/mol. The zero-order valence-corrected chi connectivity index (χ0v) is 11.4. The first kappa shape index (κ1) is 13.1. The molecule has 0 unspecified atom stereocenters. The van der Waals surface area contributed by atoms with Gasteiger partial charge in [-0.05, 0) is 42.0 Å². The number of benzene rings is 1. The van der Waals surface area contributed by atoms with Crippen molar-refractivity contribution in [2.24, 2.45) is 0 Å².